The molecule has 0 radical (unpaired) electrons. The number of fused-ring (bicyclic) bond motifs is 1. The third kappa shape index (κ3) is 2.08. The topological polar surface area (TPSA) is 149 Å². The van der Waals surface area contributed by atoms with Crippen LogP contribution in [0.25, 0.3) is 11.2 Å². The lowest BCUT2D eigenvalue weighted by atomic mass is 10.1. The van der Waals surface area contributed by atoms with Gasteiger partial charge in [-0.1, -0.05) is 0 Å². The number of nitrogens with two attached hydrogens (primary N) is 1. The fraction of sp³-hybridized carbons (Fsp3) is 0.545. The van der Waals surface area contributed by atoms with Gasteiger partial charge in [0.25, 0.3) is 0 Å². The predicted molar refractivity (Wildman–Crippen MR) is 69.3 cm³/mol. The summed E-state index contributed by atoms with van der Waals surface area (Å²) in [5, 5.41) is 29.0. The van der Waals surface area contributed by atoms with Crippen LogP contribution in [0, 0.1) is 0 Å². The summed E-state index contributed by atoms with van der Waals surface area (Å²) in [6.07, 6.45) is -2.90. The van der Waals surface area contributed by atoms with Gasteiger partial charge in [0.2, 0.25) is 11.8 Å². The molecule has 1 unspecified atom stereocenters. The summed E-state index contributed by atoms with van der Waals surface area (Å²) >= 11 is 0. The Balaban J connectivity index is 2.07. The van der Waals surface area contributed by atoms with E-state index in [1.54, 1.807) is 0 Å². The molecule has 10 nitrogen and oxygen atoms in total. The Hall–Kier alpha value is -2.01. The van der Waals surface area contributed by atoms with Crippen molar-refractivity contribution in [1.29, 1.82) is 0 Å². The Morgan fingerprint density at radius 2 is 2.14 bits per heavy atom. The Labute approximate surface area is 118 Å². The zero-order valence-corrected chi connectivity index (χ0v) is 11.1. The lowest BCUT2D eigenvalue weighted by molar-refractivity contribution is -0.0511. The zero-order valence-electron chi connectivity index (χ0n) is 11.1. The second kappa shape index (κ2) is 5.07. The van der Waals surface area contributed by atoms with Crippen molar-refractivity contribution in [3.05, 3.63) is 6.33 Å². The molecule has 3 heterocycles. The van der Waals surface area contributed by atoms with Crippen molar-refractivity contribution >= 4 is 17.1 Å². The van der Waals surface area contributed by atoms with Crippen LogP contribution in [-0.4, -0.2) is 66.9 Å². The summed E-state index contributed by atoms with van der Waals surface area (Å²) in [6, 6.07) is 0. The molecule has 0 aliphatic carbocycles. The SMILES string of the molecule is COc1nc(N)nc2c1ncn2[C@@H]1OC(CO)[C@@H](O)[C@@H]1O. The fourth-order valence-corrected chi connectivity index (χ4v) is 2.35. The standard InChI is InChI=1S/C11H15N5O5/c1-20-9-5-8(14-11(12)15-9)16(3-13-5)10-7(19)6(18)4(2-17)21-10/h3-4,6-7,10,17-19H,2H2,1H3,(H2,12,14,15)/t4?,6-,7+,10-/m1/s1. The number of imidazole rings is 1. The van der Waals surface area contributed by atoms with Gasteiger partial charge in [0, 0.05) is 0 Å². The molecule has 0 spiro atoms. The Morgan fingerprint density at radius 3 is 2.76 bits per heavy atom. The van der Waals surface area contributed by atoms with E-state index in [9.17, 15) is 10.2 Å². The molecule has 0 aromatic carbocycles. The highest BCUT2D eigenvalue weighted by Crippen LogP contribution is 2.32. The van der Waals surface area contributed by atoms with Crippen LogP contribution in [0.3, 0.4) is 0 Å². The van der Waals surface area contributed by atoms with Crippen molar-refractivity contribution in [2.75, 3.05) is 19.5 Å². The van der Waals surface area contributed by atoms with Gasteiger partial charge in [-0.3, -0.25) is 4.57 Å². The Morgan fingerprint density at radius 1 is 1.38 bits per heavy atom. The van der Waals surface area contributed by atoms with Crippen molar-refractivity contribution < 1.29 is 24.8 Å². The second-order valence-corrected chi connectivity index (χ2v) is 4.64. The van der Waals surface area contributed by atoms with Crippen LogP contribution in [0.4, 0.5) is 5.95 Å². The first-order chi connectivity index (χ1) is 10.1. The monoisotopic (exact) mass is 297 g/mol. The van der Waals surface area contributed by atoms with E-state index in [0.717, 1.165) is 0 Å². The zero-order chi connectivity index (χ0) is 15.1. The minimum Gasteiger partial charge on any atom is -0.479 e. The fourth-order valence-electron chi connectivity index (χ4n) is 2.35. The molecular weight excluding hydrogens is 282 g/mol. The number of nitrogens with zero attached hydrogens (tertiary/aromatic N) is 4. The lowest BCUT2D eigenvalue weighted by Gasteiger charge is -2.16. The van der Waals surface area contributed by atoms with Crippen LogP contribution < -0.4 is 10.5 Å². The highest BCUT2D eigenvalue weighted by Gasteiger charge is 2.44. The summed E-state index contributed by atoms with van der Waals surface area (Å²) in [4.78, 5) is 12.1. The molecule has 4 atom stereocenters. The van der Waals surface area contributed by atoms with Gasteiger partial charge in [0.1, 0.15) is 18.3 Å². The number of aliphatic hydroxyl groups is 3. The van der Waals surface area contributed by atoms with E-state index in [2.05, 4.69) is 15.0 Å². The normalized spacial score (nSPS) is 29.1. The number of rotatable bonds is 3. The summed E-state index contributed by atoms with van der Waals surface area (Å²) < 4.78 is 11.9. The highest BCUT2D eigenvalue weighted by atomic mass is 16.6. The van der Waals surface area contributed by atoms with Gasteiger partial charge >= 0.3 is 0 Å². The largest absolute Gasteiger partial charge is 0.479 e. The molecule has 0 amide bonds. The van der Waals surface area contributed by atoms with Crippen LogP contribution in [0.5, 0.6) is 5.88 Å². The summed E-state index contributed by atoms with van der Waals surface area (Å²) in [5.41, 5.74) is 6.26. The molecule has 114 valence electrons. The minimum atomic E-state index is -1.23. The summed E-state index contributed by atoms with van der Waals surface area (Å²) in [7, 11) is 1.42. The number of hydrogen-bond donors (Lipinski definition) is 4. The molecule has 5 N–H and O–H groups in total. The quantitative estimate of drug-likeness (QED) is 0.506. The van der Waals surface area contributed by atoms with Gasteiger partial charge in [-0.05, 0) is 0 Å². The molecule has 3 rings (SSSR count). The molecule has 0 saturated carbocycles. The number of aliphatic hydroxyl groups excluding tert-OH is 3. The summed E-state index contributed by atoms with van der Waals surface area (Å²) in [5.74, 6) is 0.177. The number of aromatic nitrogens is 4. The van der Waals surface area contributed by atoms with E-state index in [1.807, 2.05) is 0 Å². The third-order valence-electron chi connectivity index (χ3n) is 3.39. The molecule has 21 heavy (non-hydrogen) atoms. The Bertz CT molecular complexity index is 662. The van der Waals surface area contributed by atoms with Crippen LogP contribution >= 0.6 is 0 Å². The van der Waals surface area contributed by atoms with Crippen LogP contribution in [0.1, 0.15) is 6.23 Å². The van der Waals surface area contributed by atoms with E-state index >= 15 is 0 Å². The van der Waals surface area contributed by atoms with Crippen LogP contribution in [0.15, 0.2) is 6.33 Å². The third-order valence-corrected chi connectivity index (χ3v) is 3.39. The second-order valence-electron chi connectivity index (χ2n) is 4.64. The van der Waals surface area contributed by atoms with Crippen molar-refractivity contribution in [2.45, 2.75) is 24.5 Å². The first-order valence-electron chi connectivity index (χ1n) is 6.23. The highest BCUT2D eigenvalue weighted by molar-refractivity contribution is 5.77. The maximum absolute atomic E-state index is 10.0. The van der Waals surface area contributed by atoms with Gasteiger partial charge in [-0.25, -0.2) is 4.98 Å². The molecule has 10 heteroatoms. The molecule has 2 aromatic rings. The number of ether oxygens (including phenoxy) is 2. The van der Waals surface area contributed by atoms with E-state index in [-0.39, 0.29) is 11.8 Å². The van der Waals surface area contributed by atoms with E-state index in [0.29, 0.717) is 11.2 Å². The van der Waals surface area contributed by atoms with Gasteiger partial charge in [-0.15, -0.1) is 0 Å². The molecule has 1 fully saturated rings. The maximum atomic E-state index is 10.0. The van der Waals surface area contributed by atoms with Crippen molar-refractivity contribution in [1.82, 2.24) is 19.5 Å². The lowest BCUT2D eigenvalue weighted by Crippen LogP contribution is -2.33. The van der Waals surface area contributed by atoms with Gasteiger partial charge in [-0.2, -0.15) is 9.97 Å². The van der Waals surface area contributed by atoms with Crippen molar-refractivity contribution in [3.63, 3.8) is 0 Å². The van der Waals surface area contributed by atoms with Gasteiger partial charge in [0.05, 0.1) is 20.0 Å². The smallest absolute Gasteiger partial charge is 0.246 e. The van der Waals surface area contributed by atoms with E-state index in [1.165, 1.54) is 18.0 Å². The van der Waals surface area contributed by atoms with E-state index < -0.39 is 31.1 Å². The molecular formula is C11H15N5O5. The first-order valence-corrected chi connectivity index (χ1v) is 6.23. The number of anilines is 1. The van der Waals surface area contributed by atoms with Crippen molar-refractivity contribution in [2.24, 2.45) is 0 Å². The van der Waals surface area contributed by atoms with Gasteiger partial charge < -0.3 is 30.5 Å². The molecule has 1 aliphatic heterocycles. The predicted octanol–water partition coefficient (Wildman–Crippen LogP) is -1.97. The first kappa shape index (κ1) is 13.9. The molecule has 1 saturated heterocycles. The maximum Gasteiger partial charge on any atom is 0.246 e. The average molecular weight is 297 g/mol. The van der Waals surface area contributed by atoms with Crippen LogP contribution in [-0.2, 0) is 4.74 Å². The minimum absolute atomic E-state index is 0.0205. The number of hydrogen-bond acceptors (Lipinski definition) is 9. The van der Waals surface area contributed by atoms with E-state index in [4.69, 9.17) is 20.3 Å². The van der Waals surface area contributed by atoms with Crippen LogP contribution in [0.2, 0.25) is 0 Å². The average Bonchev–Trinajstić information content (AvgIpc) is 3.01. The molecule has 1 aliphatic rings. The molecule has 2 aromatic heterocycles. The Kier molecular flexibility index (Phi) is 3.37. The summed E-state index contributed by atoms with van der Waals surface area (Å²) in [6.45, 7) is -0.415. The number of nitrogen functional groups attached to an aromatic ring is 1. The molecule has 0 bridgehead atoms. The van der Waals surface area contributed by atoms with Crippen molar-refractivity contribution in [3.8, 4) is 5.88 Å². The van der Waals surface area contributed by atoms with Gasteiger partial charge in [0.15, 0.2) is 17.4 Å². The number of methoxy groups -OCH3 is 1.